The van der Waals surface area contributed by atoms with E-state index in [2.05, 4.69) is 19.8 Å². The van der Waals surface area contributed by atoms with E-state index in [1.54, 1.807) is 24.1 Å². The molecule has 2 atom stereocenters. The third kappa shape index (κ3) is 4.91. The number of carbonyl (C=O) groups is 1. The first kappa shape index (κ1) is 21.0. The van der Waals surface area contributed by atoms with Gasteiger partial charge in [0.05, 0.1) is 23.6 Å². The third-order valence-electron chi connectivity index (χ3n) is 5.18. The second kappa shape index (κ2) is 8.10. The van der Waals surface area contributed by atoms with E-state index in [4.69, 9.17) is 0 Å². The smallest absolute Gasteiger partial charge is 0.406 e. The van der Waals surface area contributed by atoms with Crippen molar-refractivity contribution in [3.8, 4) is 28.4 Å². The summed E-state index contributed by atoms with van der Waals surface area (Å²) in [6.45, 7) is 0. The summed E-state index contributed by atoms with van der Waals surface area (Å²) in [6.07, 6.45) is -0.379. The van der Waals surface area contributed by atoms with Crippen molar-refractivity contribution in [2.24, 2.45) is 13.0 Å². The maximum atomic E-state index is 12.8. The van der Waals surface area contributed by atoms with Crippen molar-refractivity contribution in [1.82, 2.24) is 19.7 Å². The van der Waals surface area contributed by atoms with Crippen molar-refractivity contribution in [2.45, 2.75) is 31.7 Å². The van der Waals surface area contributed by atoms with Gasteiger partial charge in [-0.1, -0.05) is 0 Å². The number of aromatic nitrogens is 4. The lowest BCUT2D eigenvalue weighted by molar-refractivity contribution is -0.274. The standard InChI is InChI=1S/C21H19F3N4O3/c1-28-11-14(10-25-28)20-26-16(12-2-5-15(6-3-12)31-21(22,23)24)9-17(27-20)19(30)8-13-4-7-18(13)29/h2-3,5-6,9-11,13,18,29H,4,7-8H2,1H3/t13-,18-/m1/s1. The lowest BCUT2D eigenvalue weighted by Gasteiger charge is -2.31. The number of ether oxygens (including phenoxy) is 1. The van der Waals surface area contributed by atoms with E-state index in [1.165, 1.54) is 30.3 Å². The van der Waals surface area contributed by atoms with Gasteiger partial charge in [-0.25, -0.2) is 9.97 Å². The van der Waals surface area contributed by atoms with Gasteiger partial charge < -0.3 is 9.84 Å². The molecule has 1 aliphatic carbocycles. The van der Waals surface area contributed by atoms with Crippen molar-refractivity contribution in [1.29, 1.82) is 0 Å². The summed E-state index contributed by atoms with van der Waals surface area (Å²) in [7, 11) is 1.73. The van der Waals surface area contributed by atoms with Crippen LogP contribution in [0.4, 0.5) is 13.2 Å². The molecule has 0 amide bonds. The first-order valence-corrected chi connectivity index (χ1v) is 9.63. The zero-order valence-electron chi connectivity index (χ0n) is 16.5. The molecule has 7 nitrogen and oxygen atoms in total. The minimum atomic E-state index is -4.78. The summed E-state index contributed by atoms with van der Waals surface area (Å²) in [5.41, 5.74) is 1.65. The Morgan fingerprint density at radius 2 is 1.94 bits per heavy atom. The number of ketones is 1. The van der Waals surface area contributed by atoms with E-state index in [1.807, 2.05) is 0 Å². The highest BCUT2D eigenvalue weighted by atomic mass is 19.4. The molecule has 0 aliphatic heterocycles. The van der Waals surface area contributed by atoms with E-state index in [9.17, 15) is 23.1 Å². The second-order valence-electron chi connectivity index (χ2n) is 7.47. The number of hydrogen-bond donors (Lipinski definition) is 1. The number of benzene rings is 1. The van der Waals surface area contributed by atoms with Gasteiger partial charge in [-0.05, 0) is 49.1 Å². The number of hydrogen-bond acceptors (Lipinski definition) is 6. The van der Waals surface area contributed by atoms with E-state index < -0.39 is 12.5 Å². The van der Waals surface area contributed by atoms with Crippen LogP contribution in [0.3, 0.4) is 0 Å². The van der Waals surface area contributed by atoms with Crippen LogP contribution in [-0.2, 0) is 7.05 Å². The zero-order valence-corrected chi connectivity index (χ0v) is 16.5. The molecule has 31 heavy (non-hydrogen) atoms. The Bertz CT molecular complexity index is 1100. The first-order valence-electron chi connectivity index (χ1n) is 9.63. The average molecular weight is 432 g/mol. The van der Waals surface area contributed by atoms with Crippen LogP contribution < -0.4 is 4.74 Å². The van der Waals surface area contributed by atoms with Crippen LogP contribution in [0.2, 0.25) is 0 Å². The molecule has 1 saturated carbocycles. The van der Waals surface area contributed by atoms with Crippen LogP contribution in [0.1, 0.15) is 29.8 Å². The van der Waals surface area contributed by atoms with Gasteiger partial charge >= 0.3 is 6.36 Å². The largest absolute Gasteiger partial charge is 0.573 e. The molecule has 0 unspecified atom stereocenters. The fraction of sp³-hybridized carbons (Fsp3) is 0.333. The van der Waals surface area contributed by atoms with Crippen LogP contribution >= 0.6 is 0 Å². The van der Waals surface area contributed by atoms with Crippen molar-refractivity contribution in [2.75, 3.05) is 0 Å². The number of aliphatic hydroxyl groups excluding tert-OH is 1. The molecule has 0 radical (unpaired) electrons. The molecule has 3 aromatic rings. The molecule has 1 aromatic carbocycles. The van der Waals surface area contributed by atoms with Gasteiger partial charge in [0.1, 0.15) is 11.4 Å². The molecule has 2 aromatic heterocycles. The van der Waals surface area contributed by atoms with Gasteiger partial charge in [0.25, 0.3) is 0 Å². The molecule has 1 fully saturated rings. The first-order chi connectivity index (χ1) is 14.7. The number of carbonyl (C=O) groups excluding carboxylic acids is 1. The molecule has 1 aliphatic rings. The van der Waals surface area contributed by atoms with Crippen LogP contribution in [0.25, 0.3) is 22.6 Å². The number of Topliss-reactive ketones (excluding diaryl/α,β-unsaturated/α-hetero) is 1. The quantitative estimate of drug-likeness (QED) is 0.596. The van der Waals surface area contributed by atoms with Crippen LogP contribution in [0, 0.1) is 5.92 Å². The Hall–Kier alpha value is -3.27. The van der Waals surface area contributed by atoms with E-state index >= 15 is 0 Å². The molecule has 4 rings (SSSR count). The van der Waals surface area contributed by atoms with E-state index in [-0.39, 0.29) is 35.4 Å². The zero-order chi connectivity index (χ0) is 22.2. The van der Waals surface area contributed by atoms with Gasteiger partial charge in [-0.15, -0.1) is 13.2 Å². The maximum absolute atomic E-state index is 12.8. The number of alkyl halides is 3. The highest BCUT2D eigenvalue weighted by Crippen LogP contribution is 2.32. The fourth-order valence-electron chi connectivity index (χ4n) is 3.36. The normalized spacial score (nSPS) is 18.5. The van der Waals surface area contributed by atoms with Gasteiger partial charge in [-0.3, -0.25) is 9.48 Å². The monoisotopic (exact) mass is 432 g/mol. The summed E-state index contributed by atoms with van der Waals surface area (Å²) in [5.74, 6) is -0.395. The Morgan fingerprint density at radius 3 is 2.48 bits per heavy atom. The Labute approximate surface area is 175 Å². The number of nitrogens with zero attached hydrogens (tertiary/aromatic N) is 4. The molecule has 2 heterocycles. The number of aryl methyl sites for hydroxylation is 1. The molecule has 162 valence electrons. The molecule has 0 saturated heterocycles. The van der Waals surface area contributed by atoms with Crippen LogP contribution in [-0.4, -0.2) is 43.1 Å². The highest BCUT2D eigenvalue weighted by molar-refractivity contribution is 5.95. The molecular formula is C21H19F3N4O3. The van der Waals surface area contributed by atoms with E-state index in [0.717, 1.165) is 6.42 Å². The predicted molar refractivity (Wildman–Crippen MR) is 104 cm³/mol. The molecule has 10 heteroatoms. The average Bonchev–Trinajstić information content (AvgIpc) is 3.16. The SMILES string of the molecule is Cn1cc(-c2nc(C(=O)C[C@H]3CC[C@H]3O)cc(-c3ccc(OC(F)(F)F)cc3)n2)cn1. The second-order valence-corrected chi connectivity index (χ2v) is 7.47. The molecular weight excluding hydrogens is 413 g/mol. The Morgan fingerprint density at radius 1 is 1.19 bits per heavy atom. The summed E-state index contributed by atoms with van der Waals surface area (Å²) in [5, 5.41) is 13.9. The van der Waals surface area contributed by atoms with Gasteiger partial charge in [0.2, 0.25) is 0 Å². The maximum Gasteiger partial charge on any atom is 0.573 e. The van der Waals surface area contributed by atoms with Crippen molar-refractivity contribution in [3.05, 3.63) is 48.4 Å². The minimum Gasteiger partial charge on any atom is -0.406 e. The van der Waals surface area contributed by atoms with Gasteiger partial charge in [0, 0.05) is 25.2 Å². The Kier molecular flexibility index (Phi) is 5.48. The minimum absolute atomic E-state index is 0.0911. The van der Waals surface area contributed by atoms with Gasteiger partial charge in [0.15, 0.2) is 11.6 Å². The van der Waals surface area contributed by atoms with Crippen molar-refractivity contribution in [3.63, 3.8) is 0 Å². The molecule has 0 bridgehead atoms. The summed E-state index contributed by atoms with van der Waals surface area (Å²) >= 11 is 0. The highest BCUT2D eigenvalue weighted by Gasteiger charge is 2.32. The summed E-state index contributed by atoms with van der Waals surface area (Å²) in [4.78, 5) is 21.7. The fourth-order valence-corrected chi connectivity index (χ4v) is 3.36. The number of aliphatic hydroxyl groups is 1. The lowest BCUT2D eigenvalue weighted by atomic mass is 9.78. The van der Waals surface area contributed by atoms with Gasteiger partial charge in [-0.2, -0.15) is 5.10 Å². The van der Waals surface area contributed by atoms with Crippen molar-refractivity contribution < 1.29 is 27.8 Å². The third-order valence-corrected chi connectivity index (χ3v) is 5.18. The van der Waals surface area contributed by atoms with Crippen LogP contribution in [0.5, 0.6) is 5.75 Å². The molecule has 1 N–H and O–H groups in total. The van der Waals surface area contributed by atoms with Crippen LogP contribution in [0.15, 0.2) is 42.7 Å². The van der Waals surface area contributed by atoms with Crippen molar-refractivity contribution >= 4 is 5.78 Å². The predicted octanol–water partition coefficient (Wildman–Crippen LogP) is 3.79. The summed E-state index contributed by atoms with van der Waals surface area (Å²) in [6, 6.07) is 6.73. The molecule has 0 spiro atoms. The lowest BCUT2D eigenvalue weighted by Crippen LogP contribution is -2.33. The summed E-state index contributed by atoms with van der Waals surface area (Å²) < 4.78 is 42.7. The Balaban J connectivity index is 1.68. The number of halogens is 3. The topological polar surface area (TPSA) is 90.1 Å². The number of rotatable bonds is 6. The van der Waals surface area contributed by atoms with E-state index in [0.29, 0.717) is 23.2 Å².